The summed E-state index contributed by atoms with van der Waals surface area (Å²) in [7, 11) is 0. The van der Waals surface area contributed by atoms with Gasteiger partial charge in [0.25, 0.3) is 0 Å². The summed E-state index contributed by atoms with van der Waals surface area (Å²) in [5.74, 6) is -1.56. The summed E-state index contributed by atoms with van der Waals surface area (Å²) in [6.45, 7) is -0.714. The molecular weight excluding hydrogens is 295 g/mol. The molecule has 0 aromatic carbocycles. The molecule has 90 valence electrons. The Kier molecular flexibility index (Phi) is 3.98. The normalized spacial score (nSPS) is 11.6. The third-order valence-electron chi connectivity index (χ3n) is 1.67. The first-order valence-corrected chi connectivity index (χ1v) is 5.13. The van der Waals surface area contributed by atoms with Crippen LogP contribution in [0.25, 0.3) is 0 Å². The number of nitrogens with zero attached hydrogens (tertiary/aromatic N) is 1. The predicted molar refractivity (Wildman–Crippen MR) is 51.1 cm³/mol. The van der Waals surface area contributed by atoms with Crippen LogP contribution in [0.3, 0.4) is 0 Å². The van der Waals surface area contributed by atoms with E-state index in [0.29, 0.717) is 0 Å². The van der Waals surface area contributed by atoms with Crippen LogP contribution in [0.15, 0.2) is 6.20 Å². The molecule has 0 fully saturated rings. The van der Waals surface area contributed by atoms with Crippen molar-refractivity contribution in [1.82, 2.24) is 4.98 Å². The van der Waals surface area contributed by atoms with Crippen molar-refractivity contribution < 1.29 is 28.1 Å². The maximum Gasteiger partial charge on any atom is 0.573 e. The molecule has 4 nitrogen and oxygen atoms in total. The summed E-state index contributed by atoms with van der Waals surface area (Å²) in [5, 5.41) is 18.3. The summed E-state index contributed by atoms with van der Waals surface area (Å²) in [4.78, 5) is 3.65. The number of pyridine rings is 1. The van der Waals surface area contributed by atoms with Crippen molar-refractivity contribution in [3.8, 4) is 11.5 Å². The first-order chi connectivity index (χ1) is 7.39. The number of rotatable bonds is 3. The highest BCUT2D eigenvalue weighted by Crippen LogP contribution is 2.37. The van der Waals surface area contributed by atoms with Crippen LogP contribution in [0.1, 0.15) is 11.3 Å². The van der Waals surface area contributed by atoms with E-state index >= 15 is 0 Å². The van der Waals surface area contributed by atoms with Crippen molar-refractivity contribution in [1.29, 1.82) is 0 Å². The van der Waals surface area contributed by atoms with Crippen LogP contribution >= 0.6 is 15.9 Å². The van der Waals surface area contributed by atoms with Crippen molar-refractivity contribution in [2.45, 2.75) is 18.3 Å². The molecule has 0 bridgehead atoms. The van der Waals surface area contributed by atoms with Crippen molar-refractivity contribution in [2.24, 2.45) is 0 Å². The number of aliphatic hydroxyl groups is 1. The highest BCUT2D eigenvalue weighted by molar-refractivity contribution is 9.08. The maximum atomic E-state index is 12.0. The Bertz CT molecular complexity index is 384. The molecule has 0 aliphatic heterocycles. The molecule has 0 atom stereocenters. The highest BCUT2D eigenvalue weighted by Gasteiger charge is 2.34. The third kappa shape index (κ3) is 2.99. The zero-order valence-corrected chi connectivity index (χ0v) is 9.34. The van der Waals surface area contributed by atoms with Gasteiger partial charge in [0.15, 0.2) is 11.5 Å². The number of ether oxygens (including phenoxy) is 1. The molecule has 1 rings (SSSR count). The number of halogens is 4. The van der Waals surface area contributed by atoms with E-state index < -0.39 is 24.5 Å². The Balaban J connectivity index is 3.21. The fourth-order valence-corrected chi connectivity index (χ4v) is 1.41. The predicted octanol–water partition coefficient (Wildman–Crippen LogP) is 2.07. The Morgan fingerprint density at radius 3 is 2.50 bits per heavy atom. The molecule has 1 heterocycles. The van der Waals surface area contributed by atoms with Gasteiger partial charge < -0.3 is 14.9 Å². The molecule has 16 heavy (non-hydrogen) atoms. The van der Waals surface area contributed by atoms with Crippen LogP contribution in [0.4, 0.5) is 13.2 Å². The van der Waals surface area contributed by atoms with Gasteiger partial charge in [-0.3, -0.25) is 4.98 Å². The maximum absolute atomic E-state index is 12.0. The fourth-order valence-electron chi connectivity index (χ4n) is 0.999. The van der Waals surface area contributed by atoms with E-state index in [9.17, 15) is 18.3 Å². The minimum absolute atomic E-state index is 0.00329. The van der Waals surface area contributed by atoms with Crippen LogP contribution in [0.5, 0.6) is 11.5 Å². The van der Waals surface area contributed by atoms with Crippen molar-refractivity contribution >= 4 is 15.9 Å². The van der Waals surface area contributed by atoms with Gasteiger partial charge in [-0.25, -0.2) is 0 Å². The zero-order chi connectivity index (χ0) is 12.3. The largest absolute Gasteiger partial charge is 0.573 e. The molecule has 1 aromatic heterocycles. The number of hydrogen-bond acceptors (Lipinski definition) is 4. The number of hydrogen-bond donors (Lipinski definition) is 2. The molecule has 0 saturated carbocycles. The van der Waals surface area contributed by atoms with E-state index in [4.69, 9.17) is 5.11 Å². The lowest BCUT2D eigenvalue weighted by atomic mass is 10.2. The lowest BCUT2D eigenvalue weighted by Gasteiger charge is -2.14. The van der Waals surface area contributed by atoms with E-state index in [1.807, 2.05) is 0 Å². The topological polar surface area (TPSA) is 62.6 Å². The highest BCUT2D eigenvalue weighted by atomic mass is 79.9. The van der Waals surface area contributed by atoms with Crippen molar-refractivity contribution in [2.75, 3.05) is 0 Å². The molecule has 0 saturated heterocycles. The minimum Gasteiger partial charge on any atom is -0.503 e. The average Bonchev–Trinajstić information content (AvgIpc) is 2.19. The Morgan fingerprint density at radius 1 is 1.44 bits per heavy atom. The lowest BCUT2D eigenvalue weighted by Crippen LogP contribution is -2.18. The zero-order valence-electron chi connectivity index (χ0n) is 7.75. The molecule has 0 aliphatic rings. The molecule has 2 N–H and O–H groups in total. The van der Waals surface area contributed by atoms with Crippen molar-refractivity contribution in [3.63, 3.8) is 0 Å². The summed E-state index contributed by atoms with van der Waals surface area (Å²) in [6.07, 6.45) is -3.93. The van der Waals surface area contributed by atoms with Gasteiger partial charge in [-0.05, 0) is 0 Å². The molecule has 0 aliphatic carbocycles. The third-order valence-corrected chi connectivity index (χ3v) is 2.20. The SMILES string of the molecule is OCc1cnc(CBr)c(O)c1OC(F)(F)F. The fraction of sp³-hybridized carbons (Fsp3) is 0.375. The van der Waals surface area contributed by atoms with Crippen molar-refractivity contribution in [3.05, 3.63) is 17.5 Å². The Morgan fingerprint density at radius 2 is 2.06 bits per heavy atom. The van der Waals surface area contributed by atoms with Gasteiger partial charge in [-0.15, -0.1) is 13.2 Å². The second-order valence-corrected chi connectivity index (χ2v) is 3.31. The van der Waals surface area contributed by atoms with Gasteiger partial charge in [-0.1, -0.05) is 15.9 Å². The molecule has 8 heteroatoms. The molecule has 0 unspecified atom stereocenters. The van der Waals surface area contributed by atoms with Gasteiger partial charge in [0.05, 0.1) is 12.3 Å². The van der Waals surface area contributed by atoms with E-state index in [1.54, 1.807) is 0 Å². The average molecular weight is 302 g/mol. The number of aliphatic hydroxyl groups excluding tert-OH is 1. The van der Waals surface area contributed by atoms with Gasteiger partial charge in [0.2, 0.25) is 0 Å². The van der Waals surface area contributed by atoms with Gasteiger partial charge in [0, 0.05) is 17.1 Å². The first-order valence-electron chi connectivity index (χ1n) is 4.01. The summed E-state index contributed by atoms with van der Waals surface area (Å²) >= 11 is 2.95. The molecular formula is C8H7BrF3NO3. The standard InChI is InChI=1S/C8H7BrF3NO3/c9-1-5-6(15)7(16-8(10,11)12)4(3-14)2-13-5/h2,14-15H,1,3H2. The van der Waals surface area contributed by atoms with Gasteiger partial charge in [0.1, 0.15) is 0 Å². The summed E-state index contributed by atoms with van der Waals surface area (Å²) in [6, 6.07) is 0. The second-order valence-electron chi connectivity index (χ2n) is 2.75. The molecule has 0 spiro atoms. The van der Waals surface area contributed by atoms with Crippen LogP contribution in [-0.4, -0.2) is 21.6 Å². The second kappa shape index (κ2) is 4.88. The molecule has 1 aromatic rings. The first kappa shape index (κ1) is 13.0. The number of alkyl halides is 4. The van der Waals surface area contributed by atoms with Crippen LogP contribution < -0.4 is 4.74 Å². The number of aromatic nitrogens is 1. The Hall–Kier alpha value is -1.02. The van der Waals surface area contributed by atoms with Crippen LogP contribution in [0.2, 0.25) is 0 Å². The number of aromatic hydroxyl groups is 1. The van der Waals surface area contributed by atoms with E-state index in [2.05, 4.69) is 25.7 Å². The van der Waals surface area contributed by atoms with Crippen LogP contribution in [-0.2, 0) is 11.9 Å². The summed E-state index contributed by atoms with van der Waals surface area (Å²) < 4.78 is 39.7. The van der Waals surface area contributed by atoms with Crippen LogP contribution in [0, 0.1) is 0 Å². The lowest BCUT2D eigenvalue weighted by molar-refractivity contribution is -0.275. The minimum atomic E-state index is -4.94. The smallest absolute Gasteiger partial charge is 0.503 e. The molecule has 0 radical (unpaired) electrons. The Labute approximate surface area is 96.8 Å². The molecule has 0 amide bonds. The van der Waals surface area contributed by atoms with E-state index in [0.717, 1.165) is 6.20 Å². The van der Waals surface area contributed by atoms with Gasteiger partial charge in [-0.2, -0.15) is 0 Å². The quantitative estimate of drug-likeness (QED) is 0.839. The van der Waals surface area contributed by atoms with E-state index in [-0.39, 0.29) is 16.6 Å². The van der Waals surface area contributed by atoms with Gasteiger partial charge >= 0.3 is 6.36 Å². The summed E-state index contributed by atoms with van der Waals surface area (Å²) in [5.41, 5.74) is -0.240. The van der Waals surface area contributed by atoms with E-state index in [1.165, 1.54) is 0 Å². The monoisotopic (exact) mass is 301 g/mol.